The van der Waals surface area contributed by atoms with Crippen LogP contribution in [-0.2, 0) is 11.3 Å². The first-order chi connectivity index (χ1) is 10.5. The Balaban J connectivity index is 1.95. The number of halogens is 1. The molecular weight excluding hydrogens is 296 g/mol. The third-order valence-electron chi connectivity index (χ3n) is 3.69. The predicted molar refractivity (Wildman–Crippen MR) is 92.2 cm³/mol. The van der Waals surface area contributed by atoms with Gasteiger partial charge in [0.2, 0.25) is 5.91 Å². The van der Waals surface area contributed by atoms with Crippen LogP contribution < -0.4 is 5.32 Å². The van der Waals surface area contributed by atoms with Crippen molar-refractivity contribution in [2.45, 2.75) is 26.4 Å². The van der Waals surface area contributed by atoms with Crippen LogP contribution in [0.15, 0.2) is 48.5 Å². The number of nitrogens with zero attached hydrogens (tertiary/aromatic N) is 1. The number of aryl methyl sites for hydroxylation is 1. The molecule has 22 heavy (non-hydrogen) atoms. The molecule has 4 heteroatoms. The van der Waals surface area contributed by atoms with E-state index in [-0.39, 0.29) is 11.9 Å². The number of likely N-dealkylation sites (N-methyl/N-ethyl adjacent to an activating group) is 1. The molecule has 0 unspecified atom stereocenters. The molecule has 0 aliphatic heterocycles. The van der Waals surface area contributed by atoms with E-state index < -0.39 is 0 Å². The van der Waals surface area contributed by atoms with Crippen molar-refractivity contribution >= 4 is 23.2 Å². The minimum atomic E-state index is -0.236. The summed E-state index contributed by atoms with van der Waals surface area (Å²) in [5.74, 6) is -0.0446. The zero-order valence-corrected chi connectivity index (χ0v) is 13.9. The Hall–Kier alpha value is -1.84. The van der Waals surface area contributed by atoms with E-state index >= 15 is 0 Å². The molecule has 2 aromatic rings. The molecule has 3 nitrogen and oxygen atoms in total. The Kier molecular flexibility index (Phi) is 5.58. The van der Waals surface area contributed by atoms with Crippen LogP contribution in [0.25, 0.3) is 0 Å². The van der Waals surface area contributed by atoms with Crippen LogP contribution in [0.1, 0.15) is 18.1 Å². The minimum Gasteiger partial charge on any atom is -0.325 e. The predicted octanol–water partition coefficient (Wildman–Crippen LogP) is 4.11. The second kappa shape index (κ2) is 7.43. The molecule has 2 aromatic carbocycles. The van der Waals surface area contributed by atoms with E-state index in [0.29, 0.717) is 10.7 Å². The lowest BCUT2D eigenvalue weighted by Gasteiger charge is -2.24. The minimum absolute atomic E-state index is 0.0446. The SMILES string of the molecule is Cc1ccc(CN(C)[C@H](C)C(=O)Nc2cccc(Cl)c2)cc1. The zero-order valence-electron chi connectivity index (χ0n) is 13.1. The molecule has 0 aliphatic carbocycles. The van der Waals surface area contributed by atoms with Gasteiger partial charge < -0.3 is 5.32 Å². The second-order valence-electron chi connectivity index (χ2n) is 5.58. The Labute approximate surface area is 136 Å². The fourth-order valence-corrected chi connectivity index (χ4v) is 2.32. The van der Waals surface area contributed by atoms with Gasteiger partial charge in [-0.15, -0.1) is 0 Å². The van der Waals surface area contributed by atoms with Crippen molar-refractivity contribution in [1.82, 2.24) is 4.90 Å². The molecule has 0 aromatic heterocycles. The lowest BCUT2D eigenvalue weighted by Crippen LogP contribution is -2.39. The molecule has 2 rings (SSSR count). The van der Waals surface area contributed by atoms with Crippen molar-refractivity contribution in [1.29, 1.82) is 0 Å². The first-order valence-electron chi connectivity index (χ1n) is 7.28. The Morgan fingerprint density at radius 3 is 2.55 bits per heavy atom. The van der Waals surface area contributed by atoms with Gasteiger partial charge in [-0.05, 0) is 44.7 Å². The highest BCUT2D eigenvalue weighted by atomic mass is 35.5. The normalized spacial score (nSPS) is 12.2. The van der Waals surface area contributed by atoms with Crippen LogP contribution in [0.5, 0.6) is 0 Å². The highest BCUT2D eigenvalue weighted by Crippen LogP contribution is 2.16. The first kappa shape index (κ1) is 16.5. The van der Waals surface area contributed by atoms with Crippen molar-refractivity contribution in [2.24, 2.45) is 0 Å². The van der Waals surface area contributed by atoms with Crippen LogP contribution in [-0.4, -0.2) is 23.9 Å². The Bertz CT molecular complexity index is 640. The Morgan fingerprint density at radius 2 is 1.91 bits per heavy atom. The molecule has 1 atom stereocenters. The van der Waals surface area contributed by atoms with Crippen LogP contribution >= 0.6 is 11.6 Å². The fraction of sp³-hybridized carbons (Fsp3) is 0.278. The monoisotopic (exact) mass is 316 g/mol. The largest absolute Gasteiger partial charge is 0.325 e. The number of rotatable bonds is 5. The molecule has 0 spiro atoms. The molecule has 1 N–H and O–H groups in total. The average Bonchev–Trinajstić information content (AvgIpc) is 2.48. The van der Waals surface area contributed by atoms with Crippen LogP contribution in [0.4, 0.5) is 5.69 Å². The fourth-order valence-electron chi connectivity index (χ4n) is 2.13. The summed E-state index contributed by atoms with van der Waals surface area (Å²) in [6.45, 7) is 4.69. The third-order valence-corrected chi connectivity index (χ3v) is 3.92. The van der Waals surface area contributed by atoms with Crippen LogP contribution in [0, 0.1) is 6.92 Å². The van der Waals surface area contributed by atoms with Crippen molar-refractivity contribution in [3.05, 3.63) is 64.7 Å². The number of carbonyl (C=O) groups excluding carboxylic acids is 1. The van der Waals surface area contributed by atoms with E-state index in [1.54, 1.807) is 12.1 Å². The maximum atomic E-state index is 12.3. The topological polar surface area (TPSA) is 32.3 Å². The van der Waals surface area contributed by atoms with Gasteiger partial charge in [-0.3, -0.25) is 9.69 Å². The lowest BCUT2D eigenvalue weighted by molar-refractivity contribution is -0.120. The second-order valence-corrected chi connectivity index (χ2v) is 6.01. The van der Waals surface area contributed by atoms with Gasteiger partial charge in [-0.25, -0.2) is 0 Å². The Morgan fingerprint density at radius 1 is 1.23 bits per heavy atom. The number of benzene rings is 2. The van der Waals surface area contributed by atoms with Gasteiger partial charge in [0.15, 0.2) is 0 Å². The van der Waals surface area contributed by atoms with E-state index in [0.717, 1.165) is 6.54 Å². The number of anilines is 1. The van der Waals surface area contributed by atoms with Gasteiger partial charge in [0.25, 0.3) is 0 Å². The highest BCUT2D eigenvalue weighted by molar-refractivity contribution is 6.30. The molecule has 0 bridgehead atoms. The number of carbonyl (C=O) groups is 1. The molecule has 116 valence electrons. The van der Waals surface area contributed by atoms with Crippen LogP contribution in [0.3, 0.4) is 0 Å². The molecule has 0 aliphatic rings. The summed E-state index contributed by atoms with van der Waals surface area (Å²) < 4.78 is 0. The molecule has 0 saturated heterocycles. The molecule has 0 saturated carbocycles. The summed E-state index contributed by atoms with van der Waals surface area (Å²) in [7, 11) is 1.95. The van der Waals surface area contributed by atoms with Crippen molar-refractivity contribution in [3.8, 4) is 0 Å². The van der Waals surface area contributed by atoms with Crippen molar-refractivity contribution < 1.29 is 4.79 Å². The summed E-state index contributed by atoms with van der Waals surface area (Å²) in [5, 5.41) is 3.50. The number of amides is 1. The zero-order chi connectivity index (χ0) is 16.1. The molecule has 0 radical (unpaired) electrons. The number of hydrogen-bond acceptors (Lipinski definition) is 2. The van der Waals surface area contributed by atoms with Gasteiger partial charge in [0.05, 0.1) is 6.04 Å². The van der Waals surface area contributed by atoms with E-state index in [1.807, 2.05) is 31.0 Å². The van der Waals surface area contributed by atoms with E-state index in [9.17, 15) is 4.79 Å². The van der Waals surface area contributed by atoms with Gasteiger partial charge >= 0.3 is 0 Å². The van der Waals surface area contributed by atoms with Gasteiger partial charge in [0.1, 0.15) is 0 Å². The van der Waals surface area contributed by atoms with Gasteiger partial charge in [0, 0.05) is 17.3 Å². The summed E-state index contributed by atoms with van der Waals surface area (Å²) in [5.41, 5.74) is 3.14. The number of hydrogen-bond donors (Lipinski definition) is 1. The summed E-state index contributed by atoms with van der Waals surface area (Å²) in [6, 6.07) is 15.3. The maximum Gasteiger partial charge on any atom is 0.241 e. The van der Waals surface area contributed by atoms with Crippen LogP contribution in [0.2, 0.25) is 5.02 Å². The maximum absolute atomic E-state index is 12.3. The standard InChI is InChI=1S/C18H21ClN2O/c1-13-7-9-15(10-8-13)12-21(3)14(2)18(22)20-17-6-4-5-16(19)11-17/h4-11,14H,12H2,1-3H3,(H,20,22)/t14-/m1/s1. The number of nitrogens with one attached hydrogen (secondary N) is 1. The average molecular weight is 317 g/mol. The lowest BCUT2D eigenvalue weighted by atomic mass is 10.1. The molecule has 0 heterocycles. The summed E-state index contributed by atoms with van der Waals surface area (Å²) in [4.78, 5) is 14.3. The highest BCUT2D eigenvalue weighted by Gasteiger charge is 2.18. The van der Waals surface area contributed by atoms with Gasteiger partial charge in [-0.2, -0.15) is 0 Å². The third kappa shape index (κ3) is 4.58. The quantitative estimate of drug-likeness (QED) is 0.900. The smallest absolute Gasteiger partial charge is 0.241 e. The molecule has 0 fully saturated rings. The van der Waals surface area contributed by atoms with E-state index in [4.69, 9.17) is 11.6 Å². The molecule has 1 amide bonds. The van der Waals surface area contributed by atoms with Gasteiger partial charge in [-0.1, -0.05) is 47.5 Å². The molecular formula is C18H21ClN2O. The van der Waals surface area contributed by atoms with Crippen molar-refractivity contribution in [2.75, 3.05) is 12.4 Å². The van der Waals surface area contributed by atoms with E-state index in [1.165, 1.54) is 11.1 Å². The first-order valence-corrected chi connectivity index (χ1v) is 7.66. The van der Waals surface area contributed by atoms with Crippen molar-refractivity contribution in [3.63, 3.8) is 0 Å². The van der Waals surface area contributed by atoms with E-state index in [2.05, 4.69) is 36.5 Å². The summed E-state index contributed by atoms with van der Waals surface area (Å²) >= 11 is 5.93. The summed E-state index contributed by atoms with van der Waals surface area (Å²) in [6.07, 6.45) is 0.